The van der Waals surface area contributed by atoms with E-state index in [1.807, 2.05) is 0 Å². The Bertz CT molecular complexity index is 250. The molecule has 72 valence electrons. The van der Waals surface area contributed by atoms with Crippen molar-refractivity contribution in [3.05, 3.63) is 23.8 Å². The van der Waals surface area contributed by atoms with E-state index in [0.717, 1.165) is 0 Å². The Hall–Kier alpha value is -1.04. The van der Waals surface area contributed by atoms with Crippen molar-refractivity contribution in [2.45, 2.75) is 12.5 Å². The molecule has 3 N–H and O–H groups in total. The summed E-state index contributed by atoms with van der Waals surface area (Å²) in [6.07, 6.45) is 2.34. The molecule has 0 amide bonds. The maximum atomic E-state index is 9.15. The fraction of sp³-hybridized carbons (Fsp3) is 0.500. The molecule has 0 fully saturated rings. The van der Waals surface area contributed by atoms with E-state index in [9.17, 15) is 0 Å². The summed E-state index contributed by atoms with van der Waals surface area (Å²) in [5.74, 6) is 0. The third-order valence-corrected chi connectivity index (χ3v) is 1.61. The van der Waals surface area contributed by atoms with Crippen molar-refractivity contribution in [3.63, 3.8) is 0 Å². The topological polar surface area (TPSA) is 86.5 Å². The molecule has 0 saturated heterocycles. The number of aromatic nitrogens is 2. The molecule has 0 bridgehead atoms. The van der Waals surface area contributed by atoms with Crippen LogP contribution in [-0.4, -0.2) is 38.5 Å². The second-order valence-corrected chi connectivity index (χ2v) is 2.60. The zero-order chi connectivity index (χ0) is 9.68. The lowest BCUT2D eigenvalue weighted by Gasteiger charge is -2.05. The van der Waals surface area contributed by atoms with Crippen LogP contribution in [0.3, 0.4) is 0 Å². The van der Waals surface area contributed by atoms with Crippen molar-refractivity contribution in [1.82, 2.24) is 9.97 Å². The Balaban J connectivity index is 2.69. The molecular formula is C8H12N2O3. The van der Waals surface area contributed by atoms with Gasteiger partial charge in [-0.2, -0.15) is 0 Å². The van der Waals surface area contributed by atoms with Crippen molar-refractivity contribution < 1.29 is 15.3 Å². The van der Waals surface area contributed by atoms with E-state index < -0.39 is 6.10 Å². The minimum absolute atomic E-state index is 0.0244. The van der Waals surface area contributed by atoms with Crippen molar-refractivity contribution >= 4 is 0 Å². The Morgan fingerprint density at radius 3 is 2.46 bits per heavy atom. The molecule has 1 rings (SSSR count). The van der Waals surface area contributed by atoms with E-state index in [-0.39, 0.29) is 13.2 Å². The highest BCUT2D eigenvalue weighted by Gasteiger charge is 2.07. The lowest BCUT2D eigenvalue weighted by atomic mass is 10.2. The monoisotopic (exact) mass is 184 g/mol. The number of aliphatic hydroxyl groups is 3. The van der Waals surface area contributed by atoms with Gasteiger partial charge in [-0.3, -0.25) is 9.97 Å². The van der Waals surface area contributed by atoms with E-state index >= 15 is 0 Å². The Labute approximate surface area is 75.7 Å². The number of nitrogens with zero attached hydrogens (tertiary/aromatic N) is 2. The second-order valence-electron chi connectivity index (χ2n) is 2.60. The number of hydrogen-bond donors (Lipinski definition) is 3. The van der Waals surface area contributed by atoms with Crippen LogP contribution in [-0.2, 0) is 6.42 Å². The molecule has 0 spiro atoms. The smallest absolute Gasteiger partial charge is 0.120 e. The lowest BCUT2D eigenvalue weighted by Crippen LogP contribution is -2.06. The minimum atomic E-state index is -0.976. The third kappa shape index (κ3) is 2.73. The van der Waals surface area contributed by atoms with Gasteiger partial charge in [0.2, 0.25) is 0 Å². The predicted octanol–water partition coefficient (Wildman–Crippen LogP) is -0.963. The van der Waals surface area contributed by atoms with Gasteiger partial charge in [0.05, 0.1) is 24.2 Å². The molecule has 0 radical (unpaired) electrons. The first-order valence-corrected chi connectivity index (χ1v) is 3.98. The molecule has 0 unspecified atom stereocenters. The van der Waals surface area contributed by atoms with Gasteiger partial charge in [-0.1, -0.05) is 0 Å². The maximum absolute atomic E-state index is 9.15. The number of hydrogen-bond acceptors (Lipinski definition) is 5. The molecule has 5 heteroatoms. The summed E-state index contributed by atoms with van der Waals surface area (Å²) in [6, 6.07) is 0. The third-order valence-electron chi connectivity index (χ3n) is 1.61. The Morgan fingerprint density at radius 1 is 1.23 bits per heavy atom. The molecule has 0 aliphatic heterocycles. The van der Waals surface area contributed by atoms with Gasteiger partial charge in [0.25, 0.3) is 0 Å². The van der Waals surface area contributed by atoms with Crippen LogP contribution in [0.1, 0.15) is 17.5 Å². The lowest BCUT2D eigenvalue weighted by molar-refractivity contribution is 0.0919. The summed E-state index contributed by atoms with van der Waals surface area (Å²) in [5.41, 5.74) is 1.00. The quantitative estimate of drug-likeness (QED) is 0.561. The molecule has 1 aromatic rings. The van der Waals surface area contributed by atoms with Crippen LogP contribution in [0.5, 0.6) is 0 Å². The van der Waals surface area contributed by atoms with E-state index in [1.54, 1.807) is 0 Å². The summed E-state index contributed by atoms with van der Waals surface area (Å²) in [4.78, 5) is 7.83. The summed E-state index contributed by atoms with van der Waals surface area (Å²) >= 11 is 0. The zero-order valence-corrected chi connectivity index (χ0v) is 7.09. The van der Waals surface area contributed by atoms with Crippen LogP contribution in [0.15, 0.2) is 12.4 Å². The fourth-order valence-corrected chi connectivity index (χ4v) is 0.874. The number of aliphatic hydroxyl groups excluding tert-OH is 3. The van der Waals surface area contributed by atoms with E-state index in [4.69, 9.17) is 15.3 Å². The summed E-state index contributed by atoms with van der Waals surface area (Å²) in [5, 5.41) is 26.3. The van der Waals surface area contributed by atoms with Crippen LogP contribution in [0, 0.1) is 0 Å². The fourth-order valence-electron chi connectivity index (χ4n) is 0.874. The van der Waals surface area contributed by atoms with Crippen LogP contribution >= 0.6 is 0 Å². The molecule has 5 nitrogen and oxygen atoms in total. The van der Waals surface area contributed by atoms with Gasteiger partial charge in [0.15, 0.2) is 0 Å². The maximum Gasteiger partial charge on any atom is 0.120 e. The van der Waals surface area contributed by atoms with Gasteiger partial charge >= 0.3 is 0 Å². The molecule has 13 heavy (non-hydrogen) atoms. The molecular weight excluding hydrogens is 172 g/mol. The Kier molecular flexibility index (Phi) is 3.75. The summed E-state index contributed by atoms with van der Waals surface area (Å²) in [7, 11) is 0. The van der Waals surface area contributed by atoms with Crippen molar-refractivity contribution in [3.8, 4) is 0 Å². The molecule has 1 atom stereocenters. The highest BCUT2D eigenvalue weighted by molar-refractivity contribution is 5.05. The second kappa shape index (κ2) is 4.86. The Morgan fingerprint density at radius 2 is 2.00 bits per heavy atom. The van der Waals surface area contributed by atoms with Gasteiger partial charge in [0, 0.05) is 19.2 Å². The molecule has 0 aromatic carbocycles. The van der Waals surface area contributed by atoms with Crippen LogP contribution in [0.2, 0.25) is 0 Å². The first kappa shape index (κ1) is 10.0. The van der Waals surface area contributed by atoms with Gasteiger partial charge in [-0.25, -0.2) is 0 Å². The standard InChI is InChI=1S/C8H12N2O3/c11-2-1-6-3-10-7(4-9-6)8(13)5-12/h3-4,8,11-13H,1-2,5H2/t8-/m0/s1. The average Bonchev–Trinajstić information content (AvgIpc) is 2.18. The molecule has 1 aromatic heterocycles. The van der Waals surface area contributed by atoms with Gasteiger partial charge in [-0.15, -0.1) is 0 Å². The highest BCUT2D eigenvalue weighted by Crippen LogP contribution is 2.06. The van der Waals surface area contributed by atoms with Crippen molar-refractivity contribution in [2.75, 3.05) is 13.2 Å². The van der Waals surface area contributed by atoms with Crippen molar-refractivity contribution in [2.24, 2.45) is 0 Å². The summed E-state index contributed by atoms with van der Waals surface area (Å²) in [6.45, 7) is -0.343. The van der Waals surface area contributed by atoms with Gasteiger partial charge in [-0.05, 0) is 0 Å². The van der Waals surface area contributed by atoms with E-state index in [1.165, 1.54) is 12.4 Å². The molecule has 1 heterocycles. The first-order valence-electron chi connectivity index (χ1n) is 3.98. The molecule has 0 aliphatic rings. The summed E-state index contributed by atoms with van der Waals surface area (Å²) < 4.78 is 0. The van der Waals surface area contributed by atoms with Crippen LogP contribution in [0.4, 0.5) is 0 Å². The van der Waals surface area contributed by atoms with Gasteiger partial charge < -0.3 is 15.3 Å². The average molecular weight is 184 g/mol. The first-order chi connectivity index (χ1) is 6.27. The zero-order valence-electron chi connectivity index (χ0n) is 7.09. The van der Waals surface area contributed by atoms with Crippen molar-refractivity contribution in [1.29, 1.82) is 0 Å². The van der Waals surface area contributed by atoms with Crippen LogP contribution in [0.25, 0.3) is 0 Å². The molecule has 0 aliphatic carbocycles. The minimum Gasteiger partial charge on any atom is -0.396 e. The largest absolute Gasteiger partial charge is 0.396 e. The van der Waals surface area contributed by atoms with Crippen LogP contribution < -0.4 is 0 Å². The highest BCUT2D eigenvalue weighted by atomic mass is 16.3. The predicted molar refractivity (Wildman–Crippen MR) is 44.9 cm³/mol. The van der Waals surface area contributed by atoms with E-state index in [2.05, 4.69) is 9.97 Å². The number of rotatable bonds is 4. The SMILES string of the molecule is OCCc1cnc([C@@H](O)CO)cn1. The van der Waals surface area contributed by atoms with E-state index in [0.29, 0.717) is 17.8 Å². The normalized spacial score (nSPS) is 12.8. The molecule has 0 saturated carbocycles. The van der Waals surface area contributed by atoms with Gasteiger partial charge in [0.1, 0.15) is 6.10 Å².